The summed E-state index contributed by atoms with van der Waals surface area (Å²) < 4.78 is 28.3. The molecule has 3 rings (SSSR count). The third-order valence-corrected chi connectivity index (χ3v) is 6.94. The van der Waals surface area contributed by atoms with Gasteiger partial charge in [0.2, 0.25) is 0 Å². The summed E-state index contributed by atoms with van der Waals surface area (Å²) in [7, 11) is -3.35. The highest BCUT2D eigenvalue weighted by atomic mass is 32.2. The Hall–Kier alpha value is -1.63. The number of hydrogen-bond donors (Lipinski definition) is 1. The molecule has 0 saturated carbocycles. The van der Waals surface area contributed by atoms with Gasteiger partial charge in [-0.2, -0.15) is 17.0 Å². The van der Waals surface area contributed by atoms with Crippen molar-refractivity contribution in [3.05, 3.63) is 41.6 Å². The van der Waals surface area contributed by atoms with Crippen LogP contribution in [0.3, 0.4) is 0 Å². The molecule has 5 nitrogen and oxygen atoms in total. The smallest absolute Gasteiger partial charge is 0.282 e. The Labute approximate surface area is 144 Å². The number of H-pyrrole nitrogens is 1. The molecule has 130 valence electrons. The Morgan fingerprint density at radius 1 is 1.25 bits per heavy atom. The van der Waals surface area contributed by atoms with Crippen molar-refractivity contribution >= 4 is 26.7 Å². The fourth-order valence-electron chi connectivity index (χ4n) is 3.44. The van der Waals surface area contributed by atoms with Gasteiger partial charge in [-0.05, 0) is 30.5 Å². The van der Waals surface area contributed by atoms with Gasteiger partial charge in [-0.25, -0.2) is 0 Å². The topological polar surface area (TPSA) is 56.4 Å². The summed E-state index contributed by atoms with van der Waals surface area (Å²) in [5.41, 5.74) is 4.79. The maximum atomic E-state index is 12.6. The first-order valence-electron chi connectivity index (χ1n) is 8.50. The molecular weight excluding hydrogens is 322 g/mol. The number of nitrogens with one attached hydrogen (secondary N) is 1. The second-order valence-corrected chi connectivity index (χ2v) is 8.06. The molecule has 1 aromatic heterocycles. The van der Waals surface area contributed by atoms with Crippen molar-refractivity contribution in [2.75, 3.05) is 26.2 Å². The van der Waals surface area contributed by atoms with Crippen molar-refractivity contribution in [3.63, 3.8) is 0 Å². The molecule has 2 aromatic rings. The first-order valence-corrected chi connectivity index (χ1v) is 9.90. The van der Waals surface area contributed by atoms with Gasteiger partial charge in [0.15, 0.2) is 0 Å². The predicted octanol–water partition coefficient (Wildman–Crippen LogP) is 3.15. The maximum absolute atomic E-state index is 12.6. The summed E-state index contributed by atoms with van der Waals surface area (Å²) in [4.78, 5) is 3.32. The fraction of sp³-hybridized carbons (Fsp3) is 0.444. The fourth-order valence-corrected chi connectivity index (χ4v) is 5.00. The van der Waals surface area contributed by atoms with Crippen molar-refractivity contribution in [1.82, 2.24) is 13.6 Å². The van der Waals surface area contributed by atoms with Gasteiger partial charge < -0.3 is 4.98 Å². The highest BCUT2D eigenvalue weighted by Gasteiger charge is 2.29. The number of aromatic nitrogens is 1. The first-order chi connectivity index (χ1) is 11.5. The van der Waals surface area contributed by atoms with Crippen LogP contribution < -0.4 is 0 Å². The van der Waals surface area contributed by atoms with Gasteiger partial charge in [0.05, 0.1) is 0 Å². The molecule has 24 heavy (non-hydrogen) atoms. The monoisotopic (exact) mass is 347 g/mol. The average molecular weight is 347 g/mol. The molecule has 0 spiro atoms. The molecule has 1 aliphatic heterocycles. The van der Waals surface area contributed by atoms with E-state index in [1.54, 1.807) is 4.31 Å². The molecule has 0 unspecified atom stereocenters. The molecule has 0 fully saturated rings. The lowest BCUT2D eigenvalue weighted by atomic mass is 9.97. The van der Waals surface area contributed by atoms with E-state index in [1.807, 2.05) is 26.1 Å². The summed E-state index contributed by atoms with van der Waals surface area (Å²) in [5, 5.41) is 1.24. The standard InChI is InChI=1S/C18H25N3O2S/c1-4-20(5-2)24(22,23)21-11-9-15(10-12-21)16-13-19-17-8-6-7-14(3)18(16)17/h6-9,13,19H,4-5,10-12H2,1-3H3. The Morgan fingerprint density at radius 2 is 2.00 bits per heavy atom. The minimum atomic E-state index is -3.35. The molecule has 0 bridgehead atoms. The third-order valence-electron chi connectivity index (χ3n) is 4.79. The van der Waals surface area contributed by atoms with Crippen LogP contribution in [0.15, 0.2) is 30.5 Å². The number of hydrogen-bond acceptors (Lipinski definition) is 2. The van der Waals surface area contributed by atoms with Crippen molar-refractivity contribution in [3.8, 4) is 0 Å². The molecule has 0 radical (unpaired) electrons. The van der Waals surface area contributed by atoms with Gasteiger partial charge in [-0.3, -0.25) is 0 Å². The van der Waals surface area contributed by atoms with E-state index in [1.165, 1.54) is 26.4 Å². The Morgan fingerprint density at radius 3 is 2.62 bits per heavy atom. The molecule has 6 heteroatoms. The maximum Gasteiger partial charge on any atom is 0.282 e. The highest BCUT2D eigenvalue weighted by Crippen LogP contribution is 2.31. The summed E-state index contributed by atoms with van der Waals surface area (Å²) in [6.07, 6.45) is 4.83. The van der Waals surface area contributed by atoms with E-state index in [4.69, 9.17) is 0 Å². The molecule has 0 atom stereocenters. The van der Waals surface area contributed by atoms with Crippen molar-refractivity contribution in [2.45, 2.75) is 27.2 Å². The van der Waals surface area contributed by atoms with Gasteiger partial charge in [0.1, 0.15) is 0 Å². The molecular formula is C18H25N3O2S. The predicted molar refractivity (Wildman–Crippen MR) is 99.0 cm³/mol. The number of aromatic amines is 1. The van der Waals surface area contributed by atoms with Gasteiger partial charge in [-0.15, -0.1) is 0 Å². The Bertz CT molecular complexity index is 864. The van der Waals surface area contributed by atoms with Crippen LogP contribution in [0.2, 0.25) is 0 Å². The molecule has 0 amide bonds. The number of aryl methyl sites for hydroxylation is 1. The molecule has 1 aromatic carbocycles. The van der Waals surface area contributed by atoms with Gasteiger partial charge in [-0.1, -0.05) is 32.1 Å². The van der Waals surface area contributed by atoms with Crippen LogP contribution >= 0.6 is 0 Å². The minimum Gasteiger partial charge on any atom is -0.361 e. The normalized spacial score (nSPS) is 16.8. The summed E-state index contributed by atoms with van der Waals surface area (Å²) in [5.74, 6) is 0. The summed E-state index contributed by atoms with van der Waals surface area (Å²) >= 11 is 0. The van der Waals surface area contributed by atoms with E-state index in [9.17, 15) is 8.42 Å². The van der Waals surface area contributed by atoms with Crippen molar-refractivity contribution in [1.29, 1.82) is 0 Å². The Balaban J connectivity index is 1.88. The van der Waals surface area contributed by atoms with Gasteiger partial charge in [0, 0.05) is 48.8 Å². The van der Waals surface area contributed by atoms with Crippen LogP contribution in [0, 0.1) is 6.92 Å². The average Bonchev–Trinajstić information content (AvgIpc) is 3.01. The van der Waals surface area contributed by atoms with Crippen LogP contribution in [-0.2, 0) is 10.2 Å². The van der Waals surface area contributed by atoms with Crippen LogP contribution in [0.4, 0.5) is 0 Å². The van der Waals surface area contributed by atoms with Crippen LogP contribution in [-0.4, -0.2) is 48.2 Å². The number of fused-ring (bicyclic) bond motifs is 1. The highest BCUT2D eigenvalue weighted by molar-refractivity contribution is 7.86. The lowest BCUT2D eigenvalue weighted by Crippen LogP contribution is -2.45. The second-order valence-electron chi connectivity index (χ2n) is 6.13. The minimum absolute atomic E-state index is 0.437. The quantitative estimate of drug-likeness (QED) is 0.903. The zero-order valence-corrected chi connectivity index (χ0v) is 15.4. The largest absolute Gasteiger partial charge is 0.361 e. The lowest BCUT2D eigenvalue weighted by Gasteiger charge is -2.30. The zero-order valence-electron chi connectivity index (χ0n) is 14.5. The number of benzene rings is 1. The van der Waals surface area contributed by atoms with E-state index in [0.29, 0.717) is 26.2 Å². The number of nitrogens with zero attached hydrogens (tertiary/aromatic N) is 2. The van der Waals surface area contributed by atoms with Gasteiger partial charge >= 0.3 is 0 Å². The molecule has 1 aliphatic rings. The third kappa shape index (κ3) is 2.90. The van der Waals surface area contributed by atoms with Crippen LogP contribution in [0.1, 0.15) is 31.4 Å². The SMILES string of the molecule is CCN(CC)S(=O)(=O)N1CC=C(c2c[nH]c3cccc(C)c23)CC1. The summed E-state index contributed by atoms with van der Waals surface area (Å²) in [6, 6.07) is 6.23. The molecule has 0 saturated heterocycles. The second kappa shape index (κ2) is 6.70. The van der Waals surface area contributed by atoms with Gasteiger partial charge in [0.25, 0.3) is 10.2 Å². The zero-order chi connectivity index (χ0) is 17.3. The molecule has 0 aliphatic carbocycles. The van der Waals surface area contributed by atoms with E-state index in [0.717, 1.165) is 11.9 Å². The summed E-state index contributed by atoms with van der Waals surface area (Å²) in [6.45, 7) is 7.85. The van der Waals surface area contributed by atoms with Crippen molar-refractivity contribution in [2.24, 2.45) is 0 Å². The van der Waals surface area contributed by atoms with E-state index < -0.39 is 10.2 Å². The van der Waals surface area contributed by atoms with Crippen LogP contribution in [0.5, 0.6) is 0 Å². The first kappa shape index (κ1) is 17.2. The van der Waals surface area contributed by atoms with Crippen molar-refractivity contribution < 1.29 is 8.42 Å². The molecule has 1 N–H and O–H groups in total. The van der Waals surface area contributed by atoms with E-state index in [-0.39, 0.29) is 0 Å². The lowest BCUT2D eigenvalue weighted by molar-refractivity contribution is 0.363. The van der Waals surface area contributed by atoms with E-state index >= 15 is 0 Å². The van der Waals surface area contributed by atoms with E-state index in [2.05, 4.69) is 30.1 Å². The number of rotatable bonds is 5. The molecule has 2 heterocycles. The van der Waals surface area contributed by atoms with Crippen LogP contribution in [0.25, 0.3) is 16.5 Å². The Kier molecular flexibility index (Phi) is 4.80.